The zero-order chi connectivity index (χ0) is 13.1. The van der Waals surface area contributed by atoms with Crippen molar-refractivity contribution in [3.63, 3.8) is 0 Å². The Hall–Kier alpha value is -1.96. The highest BCUT2D eigenvalue weighted by molar-refractivity contribution is 5.94. The van der Waals surface area contributed by atoms with Crippen LogP contribution in [0.3, 0.4) is 0 Å². The van der Waals surface area contributed by atoms with E-state index in [0.717, 1.165) is 0 Å². The minimum absolute atomic E-state index is 0.0556. The maximum absolute atomic E-state index is 12.2. The van der Waals surface area contributed by atoms with E-state index in [9.17, 15) is 9.59 Å². The van der Waals surface area contributed by atoms with Crippen LogP contribution < -0.4 is 5.73 Å². The van der Waals surface area contributed by atoms with Gasteiger partial charge in [-0.05, 0) is 0 Å². The summed E-state index contributed by atoms with van der Waals surface area (Å²) in [6.45, 7) is 2.70. The average molecular weight is 253 g/mol. The van der Waals surface area contributed by atoms with E-state index in [2.05, 4.69) is 15.2 Å². The first-order chi connectivity index (χ1) is 8.63. The first-order valence-electron chi connectivity index (χ1n) is 5.72. The van der Waals surface area contributed by atoms with Crippen molar-refractivity contribution in [2.24, 2.45) is 5.73 Å². The van der Waals surface area contributed by atoms with Crippen molar-refractivity contribution in [2.75, 3.05) is 19.8 Å². The first-order valence-corrected chi connectivity index (χ1v) is 5.72. The van der Waals surface area contributed by atoms with Gasteiger partial charge in [0.1, 0.15) is 11.9 Å². The van der Waals surface area contributed by atoms with Gasteiger partial charge in [-0.3, -0.25) is 14.7 Å². The molecule has 8 nitrogen and oxygen atoms in total. The topological polar surface area (TPSA) is 114 Å². The van der Waals surface area contributed by atoms with E-state index < -0.39 is 17.9 Å². The van der Waals surface area contributed by atoms with Crippen LogP contribution in [0.1, 0.15) is 23.4 Å². The van der Waals surface area contributed by atoms with E-state index in [-0.39, 0.29) is 12.4 Å². The number of morpholine rings is 1. The Bertz CT molecular complexity index is 458. The van der Waals surface area contributed by atoms with Gasteiger partial charge in [-0.25, -0.2) is 4.98 Å². The Balaban J connectivity index is 2.17. The van der Waals surface area contributed by atoms with Crippen LogP contribution in [0.4, 0.5) is 0 Å². The lowest BCUT2D eigenvalue weighted by Crippen LogP contribution is -2.54. The highest BCUT2D eigenvalue weighted by Gasteiger charge is 2.33. The fourth-order valence-electron chi connectivity index (χ4n) is 1.76. The van der Waals surface area contributed by atoms with Crippen molar-refractivity contribution in [3.05, 3.63) is 11.6 Å². The number of carbonyl (C=O) groups excluding carboxylic acids is 2. The molecule has 0 radical (unpaired) electrons. The Morgan fingerprint density at radius 2 is 2.39 bits per heavy atom. The number of nitrogens with zero attached hydrogens (tertiary/aromatic N) is 3. The zero-order valence-electron chi connectivity index (χ0n) is 10.0. The molecule has 0 saturated carbocycles. The van der Waals surface area contributed by atoms with Crippen LogP contribution in [0, 0.1) is 0 Å². The second kappa shape index (κ2) is 5.13. The molecule has 2 rings (SSSR count). The number of rotatable bonds is 3. The van der Waals surface area contributed by atoms with E-state index >= 15 is 0 Å². The number of aryl methyl sites for hydroxylation is 1. The van der Waals surface area contributed by atoms with Crippen LogP contribution >= 0.6 is 0 Å². The number of aromatic nitrogens is 3. The van der Waals surface area contributed by atoms with Gasteiger partial charge >= 0.3 is 0 Å². The largest absolute Gasteiger partial charge is 0.377 e. The molecular formula is C10H15N5O3. The SMILES string of the molecule is CCc1nc(C(=O)N2CCOCC2C(N)=O)n[nH]1. The number of ether oxygens (including phenoxy) is 1. The summed E-state index contributed by atoms with van der Waals surface area (Å²) in [6, 6.07) is -0.755. The maximum atomic E-state index is 12.2. The summed E-state index contributed by atoms with van der Waals surface area (Å²) in [4.78, 5) is 28.8. The van der Waals surface area contributed by atoms with Crippen molar-refractivity contribution < 1.29 is 14.3 Å². The van der Waals surface area contributed by atoms with Crippen molar-refractivity contribution in [2.45, 2.75) is 19.4 Å². The molecule has 1 aromatic rings. The maximum Gasteiger partial charge on any atom is 0.294 e. The molecule has 1 saturated heterocycles. The second-order valence-corrected chi connectivity index (χ2v) is 3.95. The molecule has 2 heterocycles. The van der Waals surface area contributed by atoms with Crippen molar-refractivity contribution in [1.29, 1.82) is 0 Å². The predicted octanol–water partition coefficient (Wildman–Crippen LogP) is -1.31. The normalized spacial score (nSPS) is 19.8. The molecule has 0 spiro atoms. The minimum Gasteiger partial charge on any atom is -0.377 e. The number of nitrogens with two attached hydrogens (primary N) is 1. The molecule has 1 unspecified atom stereocenters. The lowest BCUT2D eigenvalue weighted by molar-refractivity contribution is -0.127. The van der Waals surface area contributed by atoms with Gasteiger partial charge in [-0.1, -0.05) is 6.92 Å². The number of nitrogens with one attached hydrogen (secondary N) is 1. The van der Waals surface area contributed by atoms with Gasteiger partial charge in [0.15, 0.2) is 0 Å². The number of aromatic amines is 1. The average Bonchev–Trinajstić information content (AvgIpc) is 2.86. The van der Waals surface area contributed by atoms with Gasteiger partial charge in [0.05, 0.1) is 13.2 Å². The lowest BCUT2D eigenvalue weighted by Gasteiger charge is -2.32. The summed E-state index contributed by atoms with van der Waals surface area (Å²) < 4.78 is 5.14. The van der Waals surface area contributed by atoms with E-state index in [1.165, 1.54) is 4.90 Å². The van der Waals surface area contributed by atoms with Gasteiger partial charge in [0.2, 0.25) is 11.7 Å². The van der Waals surface area contributed by atoms with Gasteiger partial charge in [-0.2, -0.15) is 0 Å². The molecule has 98 valence electrons. The summed E-state index contributed by atoms with van der Waals surface area (Å²) >= 11 is 0. The lowest BCUT2D eigenvalue weighted by atomic mass is 10.2. The van der Waals surface area contributed by atoms with Crippen LogP contribution in [-0.4, -0.2) is 57.7 Å². The van der Waals surface area contributed by atoms with Gasteiger partial charge < -0.3 is 15.4 Å². The van der Waals surface area contributed by atoms with E-state index in [1.807, 2.05) is 6.92 Å². The highest BCUT2D eigenvalue weighted by Crippen LogP contribution is 2.10. The van der Waals surface area contributed by atoms with Gasteiger partial charge in [-0.15, -0.1) is 5.10 Å². The Labute approximate surface area is 103 Å². The zero-order valence-corrected chi connectivity index (χ0v) is 10.0. The highest BCUT2D eigenvalue weighted by atomic mass is 16.5. The molecule has 2 amide bonds. The molecule has 3 N–H and O–H groups in total. The van der Waals surface area contributed by atoms with Crippen LogP contribution in [0.25, 0.3) is 0 Å². The molecular weight excluding hydrogens is 238 g/mol. The Morgan fingerprint density at radius 3 is 3.00 bits per heavy atom. The number of hydrogen-bond donors (Lipinski definition) is 2. The summed E-state index contributed by atoms with van der Waals surface area (Å²) in [7, 11) is 0. The smallest absolute Gasteiger partial charge is 0.294 e. The number of hydrogen-bond acceptors (Lipinski definition) is 5. The van der Waals surface area contributed by atoms with E-state index in [4.69, 9.17) is 10.5 Å². The van der Waals surface area contributed by atoms with Gasteiger partial charge in [0, 0.05) is 13.0 Å². The Morgan fingerprint density at radius 1 is 1.61 bits per heavy atom. The summed E-state index contributed by atoms with van der Waals surface area (Å²) in [5.41, 5.74) is 5.24. The molecule has 1 fully saturated rings. The minimum atomic E-state index is -0.755. The van der Waals surface area contributed by atoms with Crippen LogP contribution in [0.2, 0.25) is 0 Å². The molecule has 1 aliphatic heterocycles. The third-order valence-electron chi connectivity index (χ3n) is 2.78. The molecule has 1 aliphatic rings. The first kappa shape index (κ1) is 12.5. The van der Waals surface area contributed by atoms with Crippen molar-refractivity contribution >= 4 is 11.8 Å². The van der Waals surface area contributed by atoms with E-state index in [0.29, 0.717) is 25.4 Å². The van der Waals surface area contributed by atoms with Gasteiger partial charge in [0.25, 0.3) is 5.91 Å². The van der Waals surface area contributed by atoms with Crippen molar-refractivity contribution in [1.82, 2.24) is 20.1 Å². The predicted molar refractivity (Wildman–Crippen MR) is 60.6 cm³/mol. The molecule has 0 aromatic carbocycles. The van der Waals surface area contributed by atoms with Crippen LogP contribution in [0.15, 0.2) is 0 Å². The third kappa shape index (κ3) is 2.33. The Kier molecular flexibility index (Phi) is 3.56. The number of carbonyl (C=O) groups is 2. The monoisotopic (exact) mass is 253 g/mol. The molecule has 0 aliphatic carbocycles. The van der Waals surface area contributed by atoms with E-state index in [1.54, 1.807) is 0 Å². The molecule has 1 atom stereocenters. The molecule has 8 heteroatoms. The molecule has 1 aromatic heterocycles. The number of amides is 2. The van der Waals surface area contributed by atoms with Crippen LogP contribution in [0.5, 0.6) is 0 Å². The summed E-state index contributed by atoms with van der Waals surface area (Å²) in [6.07, 6.45) is 0.655. The summed E-state index contributed by atoms with van der Waals surface area (Å²) in [5.74, 6) is -0.311. The standard InChI is InChI=1S/C10H15N5O3/c1-2-7-12-9(14-13-7)10(17)15-3-4-18-5-6(15)8(11)16/h6H,2-5H2,1H3,(H2,11,16)(H,12,13,14). The van der Waals surface area contributed by atoms with Crippen molar-refractivity contribution in [3.8, 4) is 0 Å². The fraction of sp³-hybridized carbons (Fsp3) is 0.600. The quantitative estimate of drug-likeness (QED) is 0.694. The second-order valence-electron chi connectivity index (χ2n) is 3.95. The fourth-order valence-corrected chi connectivity index (χ4v) is 1.76. The molecule has 18 heavy (non-hydrogen) atoms. The molecule has 0 bridgehead atoms. The number of primary amides is 1. The summed E-state index contributed by atoms with van der Waals surface area (Å²) in [5, 5.41) is 6.50. The third-order valence-corrected chi connectivity index (χ3v) is 2.78. The van der Waals surface area contributed by atoms with Crippen LogP contribution in [-0.2, 0) is 16.0 Å². The number of H-pyrrole nitrogens is 1.